The van der Waals surface area contributed by atoms with Gasteiger partial charge in [0.1, 0.15) is 150 Å². The van der Waals surface area contributed by atoms with Crippen molar-refractivity contribution in [3.05, 3.63) is 108 Å². The first kappa shape index (κ1) is 84.6. The van der Waals surface area contributed by atoms with Gasteiger partial charge in [-0.25, -0.2) is 4.79 Å². The van der Waals surface area contributed by atoms with Crippen molar-refractivity contribution in [2.75, 3.05) is 163 Å². The molecule has 0 aliphatic carbocycles. The first-order chi connectivity index (χ1) is 44.3. The predicted molar refractivity (Wildman–Crippen MR) is 432 cm³/mol. The number of hydrogen-bond acceptors (Lipinski definition) is 5. The molecule has 15 heteroatoms. The molecule has 518 valence electrons. The fourth-order valence-electron chi connectivity index (χ4n) is 11.3. The molecule has 0 amide bonds. The van der Waals surface area contributed by atoms with E-state index in [-0.39, 0.29) is 5.97 Å². The number of Topliss-reactive ketones (excluding diaryl/α,β-unsaturated/α-hetero) is 1. The molecule has 0 spiro atoms. The zero-order valence-corrected chi connectivity index (χ0v) is 65.9. The van der Waals surface area contributed by atoms with Crippen molar-refractivity contribution in [3.63, 3.8) is 0 Å². The van der Waals surface area contributed by atoms with Crippen molar-refractivity contribution in [2.45, 2.75) is 175 Å². The Morgan fingerprint density at radius 2 is 0.901 bits per heavy atom. The monoisotopic (exact) mass is 1430 g/mol. The molecule has 9 aliphatic heterocycles. The average Bonchev–Trinajstić information content (AvgIpc) is 4.55. The Morgan fingerprint density at radius 3 is 1.31 bits per heavy atom. The summed E-state index contributed by atoms with van der Waals surface area (Å²) in [6, 6.07) is 20.6. The molecule has 0 saturated carbocycles. The van der Waals surface area contributed by atoms with Crippen LogP contribution in [0.4, 0.5) is 0 Å². The van der Waals surface area contributed by atoms with Crippen LogP contribution in [-0.4, -0.2) is 191 Å². The number of allylic oxidation sites excluding steroid dienone is 2. The molecule has 2 aromatic carbocycles. The Hall–Kier alpha value is -0.620. The number of rotatable bonds is 21. The molecule has 9 heterocycles. The van der Waals surface area contributed by atoms with E-state index < -0.39 is 5.97 Å². The highest BCUT2D eigenvalue weighted by atomic mass is 32.2. The Balaban J connectivity index is 0.000000270. The maximum atomic E-state index is 11.8. The molecule has 91 heavy (non-hydrogen) atoms. The summed E-state index contributed by atoms with van der Waals surface area (Å²) in [6.45, 7) is 15.0. The zero-order valence-electron chi connectivity index (χ0n) is 58.6. The maximum Gasteiger partial charge on any atom is 0.333 e. The lowest BCUT2D eigenvalue weighted by Crippen LogP contribution is -2.17. The van der Waals surface area contributed by atoms with E-state index in [1.165, 1.54) is 255 Å². The van der Waals surface area contributed by atoms with Crippen LogP contribution >= 0.6 is 0 Å². The van der Waals surface area contributed by atoms with Gasteiger partial charge in [0.2, 0.25) is 5.78 Å². The molecule has 0 atom stereocenters. The highest BCUT2D eigenvalue weighted by Crippen LogP contribution is 2.21. The van der Waals surface area contributed by atoms with Gasteiger partial charge in [-0.05, 0) is 260 Å². The van der Waals surface area contributed by atoms with Crippen molar-refractivity contribution in [1.82, 2.24) is 0 Å². The average molecular weight is 1430 g/mol. The Kier molecular flexibility index (Phi) is 53.3. The third-order valence-electron chi connectivity index (χ3n) is 16.8. The second kappa shape index (κ2) is 57.3. The van der Waals surface area contributed by atoms with E-state index in [9.17, 15) is 14.4 Å². The van der Waals surface area contributed by atoms with Gasteiger partial charge in [0.25, 0.3) is 0 Å². The summed E-state index contributed by atoms with van der Waals surface area (Å²) in [5, 5.41) is 16.9. The van der Waals surface area contributed by atoms with Gasteiger partial charge in [-0.3, -0.25) is 9.59 Å². The van der Waals surface area contributed by atoms with Gasteiger partial charge >= 0.3 is 11.9 Å². The SMILES string of the molecule is C/C=C/C[S+]1CCCC1.C=C(C)C(=O)OCC[S+]1CCCC1.CC(C)=CC[S+]1CCCC1.CCCC[S+]1CCCC1.C[S+]1CCCC1.O=C(C[S+]1CCCC1)c1ccccc1.O=C(O)CC[S+]1CCCC1.OCC[S+]1CCCC1.c1ccc(C[S+]2CCCC2)cc1. The molecule has 2 aromatic rings. The summed E-state index contributed by atoms with van der Waals surface area (Å²) >= 11 is 0. The normalized spacial score (nSPS) is 19.7. The van der Waals surface area contributed by atoms with Gasteiger partial charge < -0.3 is 14.9 Å². The van der Waals surface area contributed by atoms with Crippen LogP contribution in [-0.2, 0) is 118 Å². The van der Waals surface area contributed by atoms with Gasteiger partial charge in [-0.2, -0.15) is 0 Å². The summed E-state index contributed by atoms with van der Waals surface area (Å²) in [6.07, 6.45) is 38.2. The van der Waals surface area contributed by atoms with Gasteiger partial charge in [-0.15, -0.1) is 0 Å². The van der Waals surface area contributed by atoms with Gasteiger partial charge in [-0.1, -0.05) is 92.2 Å². The summed E-state index contributed by atoms with van der Waals surface area (Å²) in [7, 11) is 6.01. The minimum absolute atomic E-state index is 0.247. The lowest BCUT2D eigenvalue weighted by molar-refractivity contribution is -0.138. The number of aliphatic hydroxyl groups is 1. The van der Waals surface area contributed by atoms with Crippen molar-refractivity contribution in [2.24, 2.45) is 0 Å². The van der Waals surface area contributed by atoms with Gasteiger partial charge in [0.05, 0.1) is 19.3 Å². The van der Waals surface area contributed by atoms with E-state index in [0.717, 1.165) is 83.0 Å². The molecule has 0 radical (unpaired) electrons. The number of carbonyl (C=O) groups is 3. The van der Waals surface area contributed by atoms with Crippen LogP contribution in [0.25, 0.3) is 0 Å². The van der Waals surface area contributed by atoms with Crippen LogP contribution in [0.15, 0.2) is 96.6 Å². The van der Waals surface area contributed by atoms with Crippen LogP contribution in [0.1, 0.15) is 185 Å². The number of carbonyl (C=O) groups excluding carboxylic acids is 2. The van der Waals surface area contributed by atoms with Crippen LogP contribution in [0.2, 0.25) is 0 Å². The van der Waals surface area contributed by atoms with E-state index in [4.69, 9.17) is 14.9 Å². The summed E-state index contributed by atoms with van der Waals surface area (Å²) in [5.41, 5.74) is 4.39. The molecule has 2 N–H and O–H groups in total. The smallest absolute Gasteiger partial charge is 0.333 e. The van der Waals surface area contributed by atoms with E-state index in [1.807, 2.05) is 30.3 Å². The number of carboxylic acid groups (broad SMARTS) is 1. The van der Waals surface area contributed by atoms with Crippen molar-refractivity contribution in [3.8, 4) is 0 Å². The predicted octanol–water partition coefficient (Wildman–Crippen LogP) is 15.2. The first-order valence-corrected chi connectivity index (χ1v) is 51.3. The quantitative estimate of drug-likeness (QED) is 0.0425. The number of unbranched alkanes of at least 4 members (excludes halogenated alkanes) is 1. The largest absolute Gasteiger partial charge is 0.481 e. The molecule has 9 saturated heterocycles. The van der Waals surface area contributed by atoms with E-state index in [1.54, 1.807) is 18.4 Å². The number of aliphatic carboxylic acids is 1. The second-order valence-corrected chi connectivity index (χ2v) is 47.0. The zero-order chi connectivity index (χ0) is 65.8. The third-order valence-corrected chi connectivity index (χ3v) is 38.5. The molecular formula is C76H133O6S9+9. The van der Waals surface area contributed by atoms with E-state index in [0.29, 0.717) is 74.6 Å². The molecule has 9 fully saturated rings. The standard InChI is InChI=1S/C12H15OS.C11H15S.C10H17O2S.C9H17S.C8H17S.C8H15S.C7H12O2S.C6H13OS.C5H11S/c13-12(10-14-8-4-5-9-14)11-6-2-1-3-7-11;1-2-6-11(7-3-1)10-12-8-4-5-9-12;1-9(2)10(11)12-5-8-13-6-3-4-7-13;1-9(2)5-8-10-6-3-4-7-10;2*1-2-3-6-9-7-4-5-8-9;8-7(9)3-6-10-4-1-2-5-10;7-3-6-8-4-1-2-5-8;1-6-4-2-3-5-6/h1-3,6-7H,4-5,8-10H2;1-3,6-7H,4-5,8-10H2;1,3-8H2,2H3;5H,3-4,6-8H2,1-2H3;2-8H2,1H3;2-3H,4-8H2,1H3;1-6H2;7H,1-6H2;2-5H2,1H3/q6*+1;;2*+1/p+1/b;;;;;3-2+;;;. The van der Waals surface area contributed by atoms with Crippen LogP contribution in [0, 0.1) is 0 Å². The number of ether oxygens (including phenoxy) is 1. The molecule has 0 bridgehead atoms. The van der Waals surface area contributed by atoms with Crippen molar-refractivity contribution in [1.29, 1.82) is 0 Å². The topological polar surface area (TPSA) is 101 Å². The highest BCUT2D eigenvalue weighted by molar-refractivity contribution is 7.99. The molecule has 11 rings (SSSR count). The lowest BCUT2D eigenvalue weighted by Gasteiger charge is -2.03. The second-order valence-electron chi connectivity index (χ2n) is 25.4. The van der Waals surface area contributed by atoms with Crippen LogP contribution in [0.5, 0.6) is 0 Å². The number of esters is 1. The number of carboxylic acids is 1. The minimum atomic E-state index is -0.639. The summed E-state index contributed by atoms with van der Waals surface area (Å²) < 4.78 is 5.03. The minimum Gasteiger partial charge on any atom is -0.481 e. The highest BCUT2D eigenvalue weighted by Gasteiger charge is 2.29. The molecule has 6 nitrogen and oxygen atoms in total. The number of benzene rings is 2. The number of hydrogen-bond donors (Lipinski definition) is 2. The third kappa shape index (κ3) is 46.3. The van der Waals surface area contributed by atoms with Gasteiger partial charge in [0.15, 0.2) is 5.75 Å². The Morgan fingerprint density at radius 1 is 0.505 bits per heavy atom. The molecule has 0 aromatic heterocycles. The Bertz CT molecular complexity index is 2130. The van der Waals surface area contributed by atoms with Gasteiger partial charge in [0, 0.05) is 16.7 Å². The van der Waals surface area contributed by atoms with E-state index in [2.05, 4.69) is 89.1 Å². The molecular weight excluding hydrogens is 1300 g/mol. The van der Waals surface area contributed by atoms with E-state index >= 15 is 0 Å². The first-order valence-electron chi connectivity index (χ1n) is 35.5. The van der Waals surface area contributed by atoms with Crippen LogP contribution in [0.3, 0.4) is 0 Å². The van der Waals surface area contributed by atoms with Crippen molar-refractivity contribution >= 4 is 116 Å². The Labute approximate surface area is 586 Å². The maximum absolute atomic E-state index is 11.8. The molecule has 0 unspecified atom stereocenters. The number of ketones is 1. The fourth-order valence-corrected chi connectivity index (χ4v) is 31.1. The van der Waals surface area contributed by atoms with Crippen LogP contribution < -0.4 is 0 Å². The summed E-state index contributed by atoms with van der Waals surface area (Å²) in [4.78, 5) is 33.0. The van der Waals surface area contributed by atoms with Crippen molar-refractivity contribution < 1.29 is 29.3 Å². The lowest BCUT2D eigenvalue weighted by atomic mass is 10.2. The summed E-state index contributed by atoms with van der Waals surface area (Å²) in [5.74, 6) is 34.6. The molecule has 9 aliphatic rings. The fraction of sp³-hybridized carbons (Fsp3) is 0.724. The number of aliphatic hydroxyl groups excluding tert-OH is 1.